The SMILES string of the molecule is Cc1cc2c3c(c1)N(c1ccc(C(C)(C)C)cc1-c1ccc(C(C)C)cc1)c1sc4ccc(C(C)(C)C)cc4c1B3c1cc3c(cc1N2c1ccc2c(c1)C(C)(C)CCC2(C)C)C(C)(C)CCC3(C)C. The van der Waals surface area contributed by atoms with Gasteiger partial charge in [-0.1, -0.05) is 165 Å². The minimum Gasteiger partial charge on any atom is -0.311 e. The average Bonchev–Trinajstić information content (AvgIpc) is 3.67. The summed E-state index contributed by atoms with van der Waals surface area (Å²) in [4.78, 5) is 5.44. The lowest BCUT2D eigenvalue weighted by Crippen LogP contribution is -2.61. The van der Waals surface area contributed by atoms with Crippen LogP contribution in [0, 0.1) is 6.92 Å². The van der Waals surface area contributed by atoms with Crippen LogP contribution in [-0.4, -0.2) is 6.71 Å². The molecule has 7 aromatic rings. The van der Waals surface area contributed by atoms with E-state index in [0.717, 1.165) is 0 Å². The number of nitrogens with zero attached hydrogens (tertiary/aromatic N) is 2. The molecule has 11 rings (SSSR count). The van der Waals surface area contributed by atoms with E-state index in [2.05, 4.69) is 231 Å². The van der Waals surface area contributed by atoms with Crippen LogP contribution in [0.4, 0.5) is 33.4 Å². The van der Waals surface area contributed by atoms with Crippen LogP contribution in [0.3, 0.4) is 0 Å². The van der Waals surface area contributed by atoms with Gasteiger partial charge in [0.05, 0.1) is 10.7 Å². The van der Waals surface area contributed by atoms with Gasteiger partial charge in [0.25, 0.3) is 6.71 Å². The topological polar surface area (TPSA) is 6.48 Å². The molecule has 4 heteroatoms. The van der Waals surface area contributed by atoms with Crippen LogP contribution in [0.25, 0.3) is 21.2 Å². The first-order chi connectivity index (χ1) is 32.7. The highest BCUT2D eigenvalue weighted by Gasteiger charge is 2.49. The summed E-state index contributed by atoms with van der Waals surface area (Å²) >= 11 is 1.99. The van der Waals surface area contributed by atoms with Crippen molar-refractivity contribution in [1.29, 1.82) is 0 Å². The van der Waals surface area contributed by atoms with Crippen molar-refractivity contribution in [3.8, 4) is 11.1 Å². The second-order valence-corrected chi connectivity index (χ2v) is 28.1. The fourth-order valence-corrected chi connectivity index (χ4v) is 14.1. The van der Waals surface area contributed by atoms with Crippen LogP contribution < -0.4 is 26.2 Å². The van der Waals surface area contributed by atoms with Gasteiger partial charge in [0.1, 0.15) is 0 Å². The molecule has 3 heterocycles. The first kappa shape index (κ1) is 47.3. The van der Waals surface area contributed by atoms with Crippen LogP contribution in [-0.2, 0) is 32.5 Å². The zero-order chi connectivity index (χ0) is 50.0. The highest BCUT2D eigenvalue weighted by molar-refractivity contribution is 7.26. The molecule has 0 radical (unpaired) electrons. The van der Waals surface area contributed by atoms with Gasteiger partial charge in [0.15, 0.2) is 0 Å². The van der Waals surface area contributed by atoms with E-state index in [1.54, 1.807) is 0 Å². The van der Waals surface area contributed by atoms with Crippen molar-refractivity contribution in [2.24, 2.45) is 0 Å². The molecular formula is C66H77BN2S. The predicted octanol–water partition coefficient (Wildman–Crippen LogP) is 17.4. The van der Waals surface area contributed by atoms with Gasteiger partial charge in [-0.05, 0) is 191 Å². The Hall–Kier alpha value is -5.06. The molecule has 2 nitrogen and oxygen atoms in total. The number of hydrogen-bond acceptors (Lipinski definition) is 3. The zero-order valence-corrected chi connectivity index (χ0v) is 46.4. The highest BCUT2D eigenvalue weighted by atomic mass is 32.1. The molecular weight excluding hydrogens is 864 g/mol. The van der Waals surface area contributed by atoms with Crippen molar-refractivity contribution >= 4 is 78.0 Å². The maximum atomic E-state index is 2.72. The zero-order valence-electron chi connectivity index (χ0n) is 45.6. The van der Waals surface area contributed by atoms with Crippen LogP contribution in [0.15, 0.2) is 103 Å². The quantitative estimate of drug-likeness (QED) is 0.162. The summed E-state index contributed by atoms with van der Waals surface area (Å²) < 4.78 is 1.35. The van der Waals surface area contributed by atoms with Crippen molar-refractivity contribution in [1.82, 2.24) is 0 Å². The largest absolute Gasteiger partial charge is 0.311 e. The summed E-state index contributed by atoms with van der Waals surface area (Å²) in [5.41, 5.74) is 25.0. The van der Waals surface area contributed by atoms with Gasteiger partial charge in [-0.15, -0.1) is 11.3 Å². The third kappa shape index (κ3) is 7.30. The normalized spacial score (nSPS) is 18.3. The molecule has 360 valence electrons. The van der Waals surface area contributed by atoms with E-state index in [1.165, 1.54) is 141 Å². The number of thiophene rings is 1. The van der Waals surface area contributed by atoms with Gasteiger partial charge in [-0.25, -0.2) is 0 Å². The van der Waals surface area contributed by atoms with E-state index in [9.17, 15) is 0 Å². The molecule has 0 fully saturated rings. The third-order valence-corrected chi connectivity index (χ3v) is 18.9. The number of fused-ring (bicyclic) bond motifs is 8. The average molecular weight is 941 g/mol. The van der Waals surface area contributed by atoms with Gasteiger partial charge in [-0.2, -0.15) is 0 Å². The summed E-state index contributed by atoms with van der Waals surface area (Å²) in [6, 6.07) is 42.3. The molecule has 0 N–H and O–H groups in total. The summed E-state index contributed by atoms with van der Waals surface area (Å²) in [5.74, 6) is 0.465. The number of benzene rings is 6. The summed E-state index contributed by atoms with van der Waals surface area (Å²) in [5, 5.41) is 2.73. The Balaban J connectivity index is 1.28. The van der Waals surface area contributed by atoms with E-state index in [1.807, 2.05) is 11.3 Å². The molecule has 4 aliphatic rings. The number of anilines is 6. The molecule has 0 saturated heterocycles. The molecule has 70 heavy (non-hydrogen) atoms. The van der Waals surface area contributed by atoms with Crippen molar-refractivity contribution in [2.75, 3.05) is 9.80 Å². The standard InChI is InChI=1S/C66H77BN2S/c1-39(2)41-18-20-42(21-19-41)46-34-43(61(4,5)6)22-26-53(46)69-56-33-40(3)32-55-59(56)67(58-47-35-44(62(7,8)9)23-27-57(47)70-60(58)69)52-37-50-51(66(16,17)31-30-65(50,14)15)38-54(52)68(55)45-24-25-48-49(36-45)64(12,13)29-28-63(48,10)11/h18-27,32-39H,28-31H2,1-17H3. The van der Waals surface area contributed by atoms with Crippen LogP contribution >= 0.6 is 11.3 Å². The fraction of sp³-hybridized carbons (Fsp3) is 0.424. The van der Waals surface area contributed by atoms with Crippen molar-refractivity contribution in [2.45, 2.75) is 182 Å². The Kier molecular flexibility index (Phi) is 10.5. The Morgan fingerprint density at radius 3 is 1.66 bits per heavy atom. The van der Waals surface area contributed by atoms with Gasteiger partial charge < -0.3 is 9.80 Å². The predicted molar refractivity (Wildman–Crippen MR) is 308 cm³/mol. The summed E-state index contributed by atoms with van der Waals surface area (Å²) in [6.45, 7) is 41.0. The van der Waals surface area contributed by atoms with E-state index in [0.29, 0.717) is 5.92 Å². The molecule has 0 bridgehead atoms. The molecule has 0 spiro atoms. The molecule has 0 atom stereocenters. The molecule has 2 aliphatic carbocycles. The summed E-state index contributed by atoms with van der Waals surface area (Å²) in [6.07, 6.45) is 4.74. The second kappa shape index (κ2) is 15.5. The Bertz CT molecular complexity index is 3290. The van der Waals surface area contributed by atoms with E-state index in [-0.39, 0.29) is 39.2 Å². The smallest absolute Gasteiger partial charge is 0.254 e. The molecule has 1 aromatic heterocycles. The van der Waals surface area contributed by atoms with Crippen molar-refractivity contribution < 1.29 is 0 Å². The lowest BCUT2D eigenvalue weighted by molar-refractivity contribution is 0.332. The molecule has 6 aromatic carbocycles. The highest BCUT2D eigenvalue weighted by Crippen LogP contribution is 2.55. The van der Waals surface area contributed by atoms with Gasteiger partial charge in [0.2, 0.25) is 0 Å². The Labute approximate surface area is 426 Å². The molecule has 0 saturated carbocycles. The fourth-order valence-electron chi connectivity index (χ4n) is 12.9. The van der Waals surface area contributed by atoms with Crippen LogP contribution in [0.5, 0.6) is 0 Å². The van der Waals surface area contributed by atoms with Crippen molar-refractivity contribution in [3.63, 3.8) is 0 Å². The van der Waals surface area contributed by atoms with Gasteiger partial charge >= 0.3 is 0 Å². The third-order valence-electron chi connectivity index (χ3n) is 17.8. The molecule has 0 unspecified atom stereocenters. The maximum Gasteiger partial charge on any atom is 0.254 e. The maximum absolute atomic E-state index is 2.72. The first-order valence-corrected chi connectivity index (χ1v) is 27.4. The number of aryl methyl sites for hydroxylation is 1. The number of hydrogen-bond donors (Lipinski definition) is 0. The molecule has 0 amide bonds. The van der Waals surface area contributed by atoms with Crippen molar-refractivity contribution in [3.05, 3.63) is 148 Å². The first-order valence-electron chi connectivity index (χ1n) is 26.6. The van der Waals surface area contributed by atoms with Gasteiger partial charge in [-0.3, -0.25) is 0 Å². The van der Waals surface area contributed by atoms with Crippen LogP contribution in [0.1, 0.15) is 187 Å². The van der Waals surface area contributed by atoms with E-state index < -0.39 is 0 Å². The minimum absolute atomic E-state index is 0.000388. The van der Waals surface area contributed by atoms with Gasteiger partial charge in [0, 0.05) is 33.0 Å². The summed E-state index contributed by atoms with van der Waals surface area (Å²) in [7, 11) is 0. The van der Waals surface area contributed by atoms with E-state index >= 15 is 0 Å². The molecule has 2 aliphatic heterocycles. The van der Waals surface area contributed by atoms with E-state index in [4.69, 9.17) is 0 Å². The lowest BCUT2D eigenvalue weighted by Gasteiger charge is -2.47. The second-order valence-electron chi connectivity index (χ2n) is 27.1. The Morgan fingerprint density at radius 2 is 1.06 bits per heavy atom. The Morgan fingerprint density at radius 1 is 0.514 bits per heavy atom. The lowest BCUT2D eigenvalue weighted by atomic mass is 9.33. The number of rotatable bonds is 4. The monoisotopic (exact) mass is 941 g/mol. The minimum atomic E-state index is -0.0167. The van der Waals surface area contributed by atoms with Crippen LogP contribution in [0.2, 0.25) is 0 Å².